The van der Waals surface area contributed by atoms with E-state index in [1.165, 1.54) is 5.56 Å². The third-order valence-corrected chi connectivity index (χ3v) is 3.35. The van der Waals surface area contributed by atoms with Gasteiger partial charge in [-0.2, -0.15) is 0 Å². The molecule has 100 valence electrons. The van der Waals surface area contributed by atoms with Gasteiger partial charge in [0.05, 0.1) is 6.04 Å². The standard InChI is InChI=1S/C15H24N2O/c1-4-8-12-9-6-7-10-13(12)17-15(18)14(16)11(3)5-2/h6-7,9-11,14H,4-5,8,16H2,1-3H3,(H,17,18)/t11?,14-/m0/s1. The third-order valence-electron chi connectivity index (χ3n) is 3.35. The van der Waals surface area contributed by atoms with Gasteiger partial charge in [-0.25, -0.2) is 0 Å². The Kier molecular flexibility index (Phi) is 5.86. The topological polar surface area (TPSA) is 55.1 Å². The van der Waals surface area contributed by atoms with E-state index in [4.69, 9.17) is 5.73 Å². The lowest BCUT2D eigenvalue weighted by Crippen LogP contribution is -2.40. The van der Waals surface area contributed by atoms with Gasteiger partial charge < -0.3 is 11.1 Å². The number of hydrogen-bond acceptors (Lipinski definition) is 2. The summed E-state index contributed by atoms with van der Waals surface area (Å²) in [5.41, 5.74) is 7.99. The van der Waals surface area contributed by atoms with Gasteiger partial charge in [-0.3, -0.25) is 4.79 Å². The van der Waals surface area contributed by atoms with E-state index >= 15 is 0 Å². The Labute approximate surface area is 110 Å². The summed E-state index contributed by atoms with van der Waals surface area (Å²) >= 11 is 0. The molecule has 2 atom stereocenters. The number of carbonyl (C=O) groups excluding carboxylic acids is 1. The highest BCUT2D eigenvalue weighted by atomic mass is 16.2. The predicted molar refractivity (Wildman–Crippen MR) is 76.5 cm³/mol. The van der Waals surface area contributed by atoms with Crippen molar-refractivity contribution in [2.45, 2.75) is 46.1 Å². The first-order valence-electron chi connectivity index (χ1n) is 6.74. The number of hydrogen-bond donors (Lipinski definition) is 2. The lowest BCUT2D eigenvalue weighted by molar-refractivity contribution is -0.118. The molecular weight excluding hydrogens is 224 g/mol. The summed E-state index contributed by atoms with van der Waals surface area (Å²) in [5, 5.41) is 2.95. The van der Waals surface area contributed by atoms with Gasteiger partial charge in [-0.05, 0) is 24.0 Å². The quantitative estimate of drug-likeness (QED) is 0.813. The van der Waals surface area contributed by atoms with Crippen molar-refractivity contribution in [3.8, 4) is 0 Å². The van der Waals surface area contributed by atoms with Crippen molar-refractivity contribution in [3.05, 3.63) is 29.8 Å². The van der Waals surface area contributed by atoms with E-state index in [0.717, 1.165) is 24.9 Å². The Hall–Kier alpha value is -1.35. The zero-order valence-electron chi connectivity index (χ0n) is 11.6. The number of carbonyl (C=O) groups is 1. The minimum absolute atomic E-state index is 0.0899. The number of rotatable bonds is 6. The van der Waals surface area contributed by atoms with Crippen LogP contribution in [0.4, 0.5) is 5.69 Å². The summed E-state index contributed by atoms with van der Waals surface area (Å²) in [4.78, 5) is 12.0. The Morgan fingerprint density at radius 3 is 2.61 bits per heavy atom. The maximum Gasteiger partial charge on any atom is 0.241 e. The molecule has 1 amide bonds. The Morgan fingerprint density at radius 1 is 1.33 bits per heavy atom. The van der Waals surface area contributed by atoms with Crippen molar-refractivity contribution in [1.29, 1.82) is 0 Å². The van der Waals surface area contributed by atoms with E-state index in [-0.39, 0.29) is 11.8 Å². The maximum atomic E-state index is 12.0. The molecule has 0 saturated heterocycles. The fourth-order valence-corrected chi connectivity index (χ4v) is 1.86. The zero-order chi connectivity index (χ0) is 13.5. The summed E-state index contributed by atoms with van der Waals surface area (Å²) in [6, 6.07) is 7.48. The monoisotopic (exact) mass is 248 g/mol. The highest BCUT2D eigenvalue weighted by Gasteiger charge is 2.19. The number of nitrogens with two attached hydrogens (primary N) is 1. The lowest BCUT2D eigenvalue weighted by atomic mass is 9.99. The Morgan fingerprint density at radius 2 is 2.00 bits per heavy atom. The number of anilines is 1. The van der Waals surface area contributed by atoms with Gasteiger partial charge in [-0.1, -0.05) is 51.8 Å². The van der Waals surface area contributed by atoms with E-state index in [1.54, 1.807) is 0 Å². The molecule has 0 saturated carbocycles. The molecule has 0 aliphatic heterocycles. The SMILES string of the molecule is CCCc1ccccc1NC(=O)[C@@H](N)C(C)CC. The van der Waals surface area contributed by atoms with E-state index < -0.39 is 6.04 Å². The van der Waals surface area contributed by atoms with Crippen LogP contribution in [0.2, 0.25) is 0 Å². The normalized spacial score (nSPS) is 14.0. The van der Waals surface area contributed by atoms with Crippen LogP contribution in [0.25, 0.3) is 0 Å². The average molecular weight is 248 g/mol. The number of amides is 1. The minimum Gasteiger partial charge on any atom is -0.324 e. The third kappa shape index (κ3) is 3.84. The van der Waals surface area contributed by atoms with Crippen LogP contribution in [0.1, 0.15) is 39.2 Å². The van der Waals surface area contributed by atoms with Gasteiger partial charge in [0.15, 0.2) is 0 Å². The minimum atomic E-state index is -0.440. The Bertz CT molecular complexity index is 390. The van der Waals surface area contributed by atoms with Crippen LogP contribution in [0.5, 0.6) is 0 Å². The number of para-hydroxylation sites is 1. The van der Waals surface area contributed by atoms with Gasteiger partial charge >= 0.3 is 0 Å². The molecule has 0 heterocycles. The van der Waals surface area contributed by atoms with E-state index in [1.807, 2.05) is 38.1 Å². The highest BCUT2D eigenvalue weighted by molar-refractivity contribution is 5.95. The van der Waals surface area contributed by atoms with Crippen LogP contribution >= 0.6 is 0 Å². The maximum absolute atomic E-state index is 12.0. The van der Waals surface area contributed by atoms with Crippen molar-refractivity contribution in [2.24, 2.45) is 11.7 Å². The molecule has 1 unspecified atom stereocenters. The molecule has 3 nitrogen and oxygen atoms in total. The van der Waals surface area contributed by atoms with Gasteiger partial charge in [0.25, 0.3) is 0 Å². The summed E-state index contributed by atoms with van der Waals surface area (Å²) in [7, 11) is 0. The molecular formula is C15H24N2O. The first-order valence-corrected chi connectivity index (χ1v) is 6.74. The molecule has 1 aromatic carbocycles. The smallest absolute Gasteiger partial charge is 0.241 e. The first kappa shape index (κ1) is 14.7. The van der Waals surface area contributed by atoms with Gasteiger partial charge in [0, 0.05) is 5.69 Å². The van der Waals surface area contributed by atoms with Gasteiger partial charge in [0.1, 0.15) is 0 Å². The molecule has 3 heteroatoms. The lowest BCUT2D eigenvalue weighted by Gasteiger charge is -2.19. The average Bonchev–Trinajstić information content (AvgIpc) is 2.39. The van der Waals surface area contributed by atoms with Gasteiger partial charge in [0.2, 0.25) is 5.91 Å². The van der Waals surface area contributed by atoms with Crippen LogP contribution < -0.4 is 11.1 Å². The fourth-order valence-electron chi connectivity index (χ4n) is 1.86. The molecule has 0 aromatic heterocycles. The molecule has 0 aliphatic rings. The molecule has 1 aromatic rings. The summed E-state index contributed by atoms with van der Waals surface area (Å²) in [5.74, 6) is 0.108. The molecule has 0 radical (unpaired) electrons. The zero-order valence-corrected chi connectivity index (χ0v) is 11.6. The largest absolute Gasteiger partial charge is 0.324 e. The van der Waals surface area contributed by atoms with E-state index in [9.17, 15) is 4.79 Å². The van der Waals surface area contributed by atoms with Crippen molar-refractivity contribution in [3.63, 3.8) is 0 Å². The van der Waals surface area contributed by atoms with Gasteiger partial charge in [-0.15, -0.1) is 0 Å². The summed E-state index contributed by atoms with van der Waals surface area (Å²) < 4.78 is 0. The summed E-state index contributed by atoms with van der Waals surface area (Å²) in [6.45, 7) is 6.18. The highest BCUT2D eigenvalue weighted by Crippen LogP contribution is 2.17. The number of nitrogens with one attached hydrogen (secondary N) is 1. The number of benzene rings is 1. The van der Waals surface area contributed by atoms with Crippen LogP contribution in [-0.4, -0.2) is 11.9 Å². The second-order valence-electron chi connectivity index (χ2n) is 4.81. The van der Waals surface area contributed by atoms with Crippen LogP contribution in [0.3, 0.4) is 0 Å². The molecule has 0 aliphatic carbocycles. The van der Waals surface area contributed by atoms with Crippen LogP contribution in [0, 0.1) is 5.92 Å². The molecule has 0 fully saturated rings. The first-order chi connectivity index (χ1) is 8.60. The molecule has 0 bridgehead atoms. The van der Waals surface area contributed by atoms with E-state index in [0.29, 0.717) is 0 Å². The van der Waals surface area contributed by atoms with E-state index in [2.05, 4.69) is 12.2 Å². The number of aryl methyl sites for hydroxylation is 1. The van der Waals surface area contributed by atoms with Crippen molar-refractivity contribution in [2.75, 3.05) is 5.32 Å². The van der Waals surface area contributed by atoms with Crippen LogP contribution in [-0.2, 0) is 11.2 Å². The molecule has 0 spiro atoms. The van der Waals surface area contributed by atoms with Crippen molar-refractivity contribution >= 4 is 11.6 Å². The molecule has 18 heavy (non-hydrogen) atoms. The fraction of sp³-hybridized carbons (Fsp3) is 0.533. The van der Waals surface area contributed by atoms with Crippen molar-refractivity contribution in [1.82, 2.24) is 0 Å². The van der Waals surface area contributed by atoms with Crippen LogP contribution in [0.15, 0.2) is 24.3 Å². The molecule has 1 rings (SSSR count). The predicted octanol–water partition coefficient (Wildman–Crippen LogP) is 2.95. The Balaban J connectivity index is 2.75. The summed E-state index contributed by atoms with van der Waals surface area (Å²) in [6.07, 6.45) is 2.94. The second-order valence-corrected chi connectivity index (χ2v) is 4.81. The van der Waals surface area contributed by atoms with Crippen molar-refractivity contribution < 1.29 is 4.79 Å². The molecule has 3 N–H and O–H groups in total. The second kappa shape index (κ2) is 7.17.